The summed E-state index contributed by atoms with van der Waals surface area (Å²) < 4.78 is 0. The molecule has 3 nitrogen and oxygen atoms in total. The number of nitrogens with zero attached hydrogens (tertiary/aromatic N) is 2. The molecule has 22 heavy (non-hydrogen) atoms. The molecule has 1 aromatic rings. The summed E-state index contributed by atoms with van der Waals surface area (Å²) in [4.78, 5) is 17.2. The second-order valence-electron chi connectivity index (χ2n) is 7.07. The van der Waals surface area contributed by atoms with Crippen molar-refractivity contribution in [2.75, 3.05) is 31.1 Å². The number of piperazine rings is 1. The number of carbonyl (C=O) groups excluding carboxylic acids is 1. The molecule has 0 spiro atoms. The van der Waals surface area contributed by atoms with Crippen LogP contribution in [0.15, 0.2) is 24.3 Å². The van der Waals surface area contributed by atoms with Crippen LogP contribution < -0.4 is 4.90 Å². The highest BCUT2D eigenvalue weighted by atomic mass is 35.5. The highest BCUT2D eigenvalue weighted by Crippen LogP contribution is 2.48. The van der Waals surface area contributed by atoms with E-state index in [4.69, 9.17) is 11.6 Å². The monoisotopic (exact) mass is 318 g/mol. The molecule has 3 fully saturated rings. The van der Waals surface area contributed by atoms with Gasteiger partial charge in [-0.15, -0.1) is 0 Å². The van der Waals surface area contributed by atoms with Crippen molar-refractivity contribution in [3.05, 3.63) is 29.3 Å². The number of anilines is 1. The van der Waals surface area contributed by atoms with Crippen LogP contribution in [-0.2, 0) is 4.79 Å². The number of hydrogen-bond donors (Lipinski definition) is 0. The number of benzene rings is 1. The molecule has 0 aromatic heterocycles. The van der Waals surface area contributed by atoms with E-state index in [0.717, 1.165) is 43.5 Å². The van der Waals surface area contributed by atoms with Crippen molar-refractivity contribution in [1.82, 2.24) is 4.90 Å². The highest BCUT2D eigenvalue weighted by molar-refractivity contribution is 6.30. The third-order valence-corrected chi connectivity index (χ3v) is 6.06. The SMILES string of the molecule is O=C([C@@H]1C[C@H]2CC[C@H]1C2)N1CCN(c2cccc(Cl)c2)CC1. The zero-order valence-corrected chi connectivity index (χ0v) is 13.6. The molecule has 4 heteroatoms. The minimum atomic E-state index is 0.330. The van der Waals surface area contributed by atoms with Gasteiger partial charge in [0.25, 0.3) is 0 Å². The van der Waals surface area contributed by atoms with E-state index in [1.807, 2.05) is 18.2 Å². The highest BCUT2D eigenvalue weighted by Gasteiger charge is 2.44. The molecule has 1 saturated heterocycles. The summed E-state index contributed by atoms with van der Waals surface area (Å²) in [5.41, 5.74) is 1.17. The molecule has 0 N–H and O–H groups in total. The average Bonchev–Trinajstić information content (AvgIpc) is 3.17. The summed E-state index contributed by atoms with van der Waals surface area (Å²) >= 11 is 6.07. The lowest BCUT2D eigenvalue weighted by molar-refractivity contribution is -0.137. The molecule has 2 aliphatic carbocycles. The molecule has 118 valence electrons. The van der Waals surface area contributed by atoms with Crippen LogP contribution in [0, 0.1) is 17.8 Å². The van der Waals surface area contributed by atoms with Gasteiger partial charge in [0, 0.05) is 42.8 Å². The van der Waals surface area contributed by atoms with E-state index in [1.54, 1.807) is 0 Å². The maximum atomic E-state index is 12.8. The summed E-state index contributed by atoms with van der Waals surface area (Å²) in [6.45, 7) is 3.51. The standard InChI is InChI=1S/C18H23ClN2O/c19-15-2-1-3-16(12-15)20-6-8-21(9-7-20)18(22)17-11-13-4-5-14(17)10-13/h1-3,12-14,17H,4-11H2/t13-,14-,17+/m0/s1. The maximum Gasteiger partial charge on any atom is 0.226 e. The lowest BCUT2D eigenvalue weighted by atomic mass is 9.87. The van der Waals surface area contributed by atoms with Crippen molar-refractivity contribution in [2.45, 2.75) is 25.7 Å². The van der Waals surface area contributed by atoms with Gasteiger partial charge in [-0.3, -0.25) is 4.79 Å². The van der Waals surface area contributed by atoms with Crippen LogP contribution in [0.1, 0.15) is 25.7 Å². The number of amides is 1. The normalized spacial score (nSPS) is 30.9. The number of halogens is 1. The van der Waals surface area contributed by atoms with Gasteiger partial charge >= 0.3 is 0 Å². The van der Waals surface area contributed by atoms with E-state index in [2.05, 4.69) is 15.9 Å². The van der Waals surface area contributed by atoms with Crippen molar-refractivity contribution >= 4 is 23.2 Å². The van der Waals surface area contributed by atoms with Crippen LogP contribution >= 0.6 is 11.6 Å². The second kappa shape index (κ2) is 5.77. The lowest BCUT2D eigenvalue weighted by Crippen LogP contribution is -2.51. The molecular formula is C18H23ClN2O. The number of rotatable bonds is 2. The number of fused-ring (bicyclic) bond motifs is 2. The van der Waals surface area contributed by atoms with Gasteiger partial charge < -0.3 is 9.80 Å². The van der Waals surface area contributed by atoms with Crippen molar-refractivity contribution in [3.63, 3.8) is 0 Å². The van der Waals surface area contributed by atoms with E-state index < -0.39 is 0 Å². The Kier molecular flexibility index (Phi) is 3.77. The Hall–Kier alpha value is -1.22. The van der Waals surface area contributed by atoms with Gasteiger partial charge in [-0.25, -0.2) is 0 Å². The molecule has 3 atom stereocenters. The van der Waals surface area contributed by atoms with E-state index >= 15 is 0 Å². The van der Waals surface area contributed by atoms with Gasteiger partial charge in [0.1, 0.15) is 0 Å². The zero-order chi connectivity index (χ0) is 15.1. The molecule has 1 amide bonds. The van der Waals surface area contributed by atoms with Gasteiger partial charge in [-0.1, -0.05) is 24.1 Å². The number of hydrogen-bond acceptors (Lipinski definition) is 2. The van der Waals surface area contributed by atoms with Crippen molar-refractivity contribution in [1.29, 1.82) is 0 Å². The summed E-state index contributed by atoms with van der Waals surface area (Å²) in [6, 6.07) is 8.00. The molecule has 4 rings (SSSR count). The Bertz CT molecular complexity index is 568. The minimum absolute atomic E-state index is 0.330. The average molecular weight is 319 g/mol. The van der Waals surface area contributed by atoms with E-state index in [-0.39, 0.29) is 0 Å². The van der Waals surface area contributed by atoms with Crippen LogP contribution in [-0.4, -0.2) is 37.0 Å². The van der Waals surface area contributed by atoms with Crippen molar-refractivity contribution in [2.24, 2.45) is 17.8 Å². The molecular weight excluding hydrogens is 296 g/mol. The molecule has 1 heterocycles. The summed E-state index contributed by atoms with van der Waals surface area (Å²) in [6.07, 6.45) is 5.09. The van der Waals surface area contributed by atoms with Crippen LogP contribution in [0.25, 0.3) is 0 Å². The molecule has 1 aromatic carbocycles. The first kappa shape index (κ1) is 14.4. The second-order valence-corrected chi connectivity index (χ2v) is 7.51. The van der Waals surface area contributed by atoms with Gasteiger partial charge in [0.2, 0.25) is 5.91 Å². The smallest absolute Gasteiger partial charge is 0.226 e. The molecule has 0 radical (unpaired) electrons. The van der Waals surface area contributed by atoms with E-state index in [0.29, 0.717) is 17.7 Å². The Morgan fingerprint density at radius 3 is 2.55 bits per heavy atom. The molecule has 0 unspecified atom stereocenters. The fourth-order valence-corrected chi connectivity index (χ4v) is 4.82. The van der Waals surface area contributed by atoms with Crippen LogP contribution in [0.3, 0.4) is 0 Å². The summed E-state index contributed by atoms with van der Waals surface area (Å²) in [5, 5.41) is 0.776. The zero-order valence-electron chi connectivity index (χ0n) is 12.9. The van der Waals surface area contributed by atoms with Crippen LogP contribution in [0.5, 0.6) is 0 Å². The Morgan fingerprint density at radius 1 is 1.09 bits per heavy atom. The maximum absolute atomic E-state index is 12.8. The minimum Gasteiger partial charge on any atom is -0.368 e. The predicted octanol–water partition coefficient (Wildman–Crippen LogP) is 3.42. The van der Waals surface area contributed by atoms with Gasteiger partial charge in [-0.2, -0.15) is 0 Å². The Labute approximate surface area is 137 Å². The fourth-order valence-electron chi connectivity index (χ4n) is 4.64. The Balaban J connectivity index is 1.36. The summed E-state index contributed by atoms with van der Waals surface area (Å²) in [5.74, 6) is 2.28. The van der Waals surface area contributed by atoms with Crippen molar-refractivity contribution in [3.8, 4) is 0 Å². The predicted molar refractivity (Wildman–Crippen MR) is 89.2 cm³/mol. The third-order valence-electron chi connectivity index (χ3n) is 5.82. The largest absolute Gasteiger partial charge is 0.368 e. The molecule has 1 aliphatic heterocycles. The topological polar surface area (TPSA) is 23.6 Å². The van der Waals surface area contributed by atoms with Crippen molar-refractivity contribution < 1.29 is 4.79 Å². The third kappa shape index (κ3) is 2.60. The van der Waals surface area contributed by atoms with Gasteiger partial charge in [0.15, 0.2) is 0 Å². The fraction of sp³-hybridized carbons (Fsp3) is 0.611. The van der Waals surface area contributed by atoms with Gasteiger partial charge in [0.05, 0.1) is 0 Å². The van der Waals surface area contributed by atoms with Crippen LogP contribution in [0.2, 0.25) is 5.02 Å². The first-order valence-corrected chi connectivity index (χ1v) is 8.88. The molecule has 2 saturated carbocycles. The van der Waals surface area contributed by atoms with Gasteiger partial charge in [-0.05, 0) is 49.3 Å². The lowest BCUT2D eigenvalue weighted by Gasteiger charge is -2.38. The Morgan fingerprint density at radius 2 is 1.91 bits per heavy atom. The quantitative estimate of drug-likeness (QED) is 0.834. The first-order valence-electron chi connectivity index (χ1n) is 8.50. The summed E-state index contributed by atoms with van der Waals surface area (Å²) in [7, 11) is 0. The molecule has 2 bridgehead atoms. The van der Waals surface area contributed by atoms with E-state index in [1.165, 1.54) is 24.9 Å². The number of carbonyl (C=O) groups is 1. The van der Waals surface area contributed by atoms with E-state index in [9.17, 15) is 4.79 Å². The van der Waals surface area contributed by atoms with Crippen LogP contribution in [0.4, 0.5) is 5.69 Å². The molecule has 3 aliphatic rings. The first-order chi connectivity index (χ1) is 10.7.